The highest BCUT2D eigenvalue weighted by molar-refractivity contribution is 5.81. The van der Waals surface area contributed by atoms with Crippen LogP contribution >= 0.6 is 0 Å². The number of nitrogens with one attached hydrogen (secondary N) is 2. The molecule has 6 atom stereocenters. The van der Waals surface area contributed by atoms with Crippen LogP contribution in [0.15, 0.2) is 6.20 Å². The largest absolute Gasteiger partial charge is 0.394 e. The second-order valence-corrected chi connectivity index (χ2v) is 10.0. The first kappa shape index (κ1) is 37.0. The number of carbonyl (C=O) groups is 2. The van der Waals surface area contributed by atoms with Gasteiger partial charge in [0, 0.05) is 13.0 Å². The molecule has 248 valence electrons. The molecule has 17 nitrogen and oxygen atoms in total. The Balaban J connectivity index is 1.66. The minimum absolute atomic E-state index is 0.00133. The van der Waals surface area contributed by atoms with E-state index in [4.69, 9.17) is 29.4 Å². The number of ketones is 1. The molecule has 2 heterocycles. The molecule has 17 heteroatoms. The summed E-state index contributed by atoms with van der Waals surface area (Å²) in [6.07, 6.45) is -2.88. The smallest absolute Gasteiger partial charge is 0.238 e. The zero-order valence-corrected chi connectivity index (χ0v) is 24.7. The van der Waals surface area contributed by atoms with Gasteiger partial charge in [0.05, 0.1) is 70.8 Å². The SMILES string of the molecule is CC(=O)CCOCCOCCOCCOCNC(=O)C(CCCCN)NCc1cn(C2O[C@@H](CO)[C@@H](O)[C@@H](O)[C@@H]2O)nn1. The van der Waals surface area contributed by atoms with Gasteiger partial charge in [0.1, 0.15) is 36.9 Å². The molecule has 1 aromatic rings. The maximum atomic E-state index is 12.8. The first-order valence-corrected chi connectivity index (χ1v) is 14.5. The van der Waals surface area contributed by atoms with E-state index in [0.717, 1.165) is 12.8 Å². The van der Waals surface area contributed by atoms with Crippen LogP contribution in [0, 0.1) is 0 Å². The molecular weight excluding hydrogens is 572 g/mol. The predicted octanol–water partition coefficient (Wildman–Crippen LogP) is -3.04. The number of ether oxygens (including phenoxy) is 5. The van der Waals surface area contributed by atoms with Crippen molar-refractivity contribution in [3.63, 3.8) is 0 Å². The number of aromatic nitrogens is 3. The molecular formula is C26H48N6O11. The monoisotopic (exact) mass is 620 g/mol. The van der Waals surface area contributed by atoms with E-state index in [1.165, 1.54) is 17.8 Å². The predicted molar refractivity (Wildman–Crippen MR) is 149 cm³/mol. The molecule has 1 aromatic heterocycles. The van der Waals surface area contributed by atoms with Crippen LogP contribution in [0.4, 0.5) is 0 Å². The number of nitrogens with two attached hydrogens (primary N) is 1. The van der Waals surface area contributed by atoms with Crippen molar-refractivity contribution in [3.05, 3.63) is 11.9 Å². The maximum Gasteiger partial charge on any atom is 0.238 e. The van der Waals surface area contributed by atoms with Crippen LogP contribution < -0.4 is 16.4 Å². The van der Waals surface area contributed by atoms with Gasteiger partial charge < -0.3 is 60.5 Å². The number of hydrogen-bond donors (Lipinski definition) is 7. The summed E-state index contributed by atoms with van der Waals surface area (Å²) in [5.74, 6) is -0.176. The Bertz CT molecular complexity index is 909. The number of Topliss-reactive ketones (excluding diaryl/α,β-unsaturated/α-hetero) is 1. The topological polar surface area (TPSA) is 242 Å². The lowest BCUT2D eigenvalue weighted by atomic mass is 9.98. The van der Waals surface area contributed by atoms with Crippen LogP contribution in [0.25, 0.3) is 0 Å². The molecule has 0 bridgehead atoms. The van der Waals surface area contributed by atoms with Crippen molar-refractivity contribution >= 4 is 11.7 Å². The van der Waals surface area contributed by atoms with Crippen molar-refractivity contribution in [2.75, 3.05) is 66.1 Å². The third-order valence-corrected chi connectivity index (χ3v) is 6.54. The minimum Gasteiger partial charge on any atom is -0.394 e. The fraction of sp³-hybridized carbons (Fsp3) is 0.846. The van der Waals surface area contributed by atoms with Crippen molar-refractivity contribution in [3.8, 4) is 0 Å². The van der Waals surface area contributed by atoms with E-state index in [1.54, 1.807) is 0 Å². The zero-order chi connectivity index (χ0) is 31.5. The van der Waals surface area contributed by atoms with Gasteiger partial charge in [-0.05, 0) is 26.3 Å². The normalized spacial score (nSPS) is 22.9. The molecule has 1 aliphatic heterocycles. The molecule has 0 radical (unpaired) electrons. The van der Waals surface area contributed by atoms with E-state index in [1.807, 2.05) is 0 Å². The standard InChI is InChI=1S/C26H48N6O11/c1-18(34)5-7-39-8-9-40-10-11-41-12-13-42-17-29-25(38)20(4-2-3-6-27)28-14-19-15-32(31-30-19)26-24(37)23(36)22(35)21(16-33)43-26/h15,20-24,26,28,33,35-37H,2-14,16-17,27H2,1H3,(H,29,38)/t20?,21-,22+,23+,24-,26?/m0/s1. The zero-order valence-electron chi connectivity index (χ0n) is 24.7. The fourth-order valence-electron chi connectivity index (χ4n) is 4.06. The van der Waals surface area contributed by atoms with Gasteiger partial charge in [0.15, 0.2) is 6.23 Å². The van der Waals surface area contributed by atoms with Crippen LogP contribution in [0.5, 0.6) is 0 Å². The number of carbonyl (C=O) groups excluding carboxylic acids is 2. The summed E-state index contributed by atoms with van der Waals surface area (Å²) in [6.45, 7) is 4.26. The van der Waals surface area contributed by atoms with Gasteiger partial charge in [0.25, 0.3) is 0 Å². The van der Waals surface area contributed by atoms with E-state index in [-0.39, 0.29) is 31.6 Å². The van der Waals surface area contributed by atoms with Gasteiger partial charge >= 0.3 is 0 Å². The van der Waals surface area contributed by atoms with Gasteiger partial charge in [-0.1, -0.05) is 11.6 Å². The van der Waals surface area contributed by atoms with E-state index < -0.39 is 43.3 Å². The molecule has 1 fully saturated rings. The molecule has 0 aliphatic carbocycles. The average Bonchev–Trinajstić information content (AvgIpc) is 3.46. The lowest BCUT2D eigenvalue weighted by molar-refractivity contribution is -0.254. The summed E-state index contributed by atoms with van der Waals surface area (Å²) in [4.78, 5) is 23.6. The van der Waals surface area contributed by atoms with E-state index in [2.05, 4.69) is 20.9 Å². The highest BCUT2D eigenvalue weighted by Gasteiger charge is 2.44. The lowest BCUT2D eigenvalue weighted by Crippen LogP contribution is -2.56. The maximum absolute atomic E-state index is 12.8. The Hall–Kier alpha value is -2.16. The molecule has 43 heavy (non-hydrogen) atoms. The summed E-state index contributed by atoms with van der Waals surface area (Å²) < 4.78 is 28.2. The van der Waals surface area contributed by atoms with Crippen LogP contribution in [-0.4, -0.2) is 144 Å². The van der Waals surface area contributed by atoms with Crippen molar-refractivity contribution in [1.82, 2.24) is 25.6 Å². The molecule has 0 spiro atoms. The molecule has 0 saturated carbocycles. The Morgan fingerprint density at radius 2 is 1.65 bits per heavy atom. The molecule has 8 N–H and O–H groups in total. The Kier molecular flexibility index (Phi) is 18.5. The summed E-state index contributed by atoms with van der Waals surface area (Å²) in [5.41, 5.74) is 6.04. The molecule has 1 amide bonds. The first-order chi connectivity index (χ1) is 20.8. The molecule has 2 rings (SSSR count). The molecule has 0 aromatic carbocycles. The molecule has 2 unspecified atom stereocenters. The number of aliphatic hydroxyl groups excluding tert-OH is 4. The van der Waals surface area contributed by atoms with Crippen LogP contribution in [-0.2, 0) is 39.8 Å². The number of unbranched alkanes of at least 4 members (excludes halogenated alkanes) is 1. The Labute approximate surface area is 250 Å². The van der Waals surface area contributed by atoms with Gasteiger partial charge in [-0.25, -0.2) is 4.68 Å². The minimum atomic E-state index is -1.54. The Morgan fingerprint density at radius 3 is 2.28 bits per heavy atom. The lowest BCUT2D eigenvalue weighted by Gasteiger charge is -2.39. The number of aliphatic hydroxyl groups is 4. The number of nitrogens with zero attached hydrogens (tertiary/aromatic N) is 3. The van der Waals surface area contributed by atoms with E-state index in [9.17, 15) is 30.0 Å². The quantitative estimate of drug-likeness (QED) is 0.0449. The molecule has 1 saturated heterocycles. The van der Waals surface area contributed by atoms with Crippen LogP contribution in [0.3, 0.4) is 0 Å². The van der Waals surface area contributed by atoms with Gasteiger partial charge in [-0.15, -0.1) is 5.10 Å². The fourth-order valence-corrected chi connectivity index (χ4v) is 4.06. The van der Waals surface area contributed by atoms with Crippen molar-refractivity contribution in [1.29, 1.82) is 0 Å². The average molecular weight is 621 g/mol. The number of amides is 1. The summed E-state index contributed by atoms with van der Waals surface area (Å²) in [5, 5.41) is 53.5. The van der Waals surface area contributed by atoms with Gasteiger partial charge in [-0.2, -0.15) is 0 Å². The van der Waals surface area contributed by atoms with Crippen LogP contribution in [0.2, 0.25) is 0 Å². The third-order valence-electron chi connectivity index (χ3n) is 6.54. The van der Waals surface area contributed by atoms with Gasteiger partial charge in [-0.3, -0.25) is 9.59 Å². The third kappa shape index (κ3) is 14.0. The first-order valence-electron chi connectivity index (χ1n) is 14.5. The van der Waals surface area contributed by atoms with Crippen molar-refractivity contribution in [2.24, 2.45) is 5.73 Å². The second-order valence-electron chi connectivity index (χ2n) is 10.0. The van der Waals surface area contributed by atoms with Crippen molar-refractivity contribution < 1.29 is 53.7 Å². The second kappa shape index (κ2) is 21.5. The summed E-state index contributed by atoms with van der Waals surface area (Å²) in [6, 6.07) is -0.563. The Morgan fingerprint density at radius 1 is 1.00 bits per heavy atom. The highest BCUT2D eigenvalue weighted by atomic mass is 16.6. The van der Waals surface area contributed by atoms with Crippen molar-refractivity contribution in [2.45, 2.75) is 75.8 Å². The van der Waals surface area contributed by atoms with E-state index >= 15 is 0 Å². The number of hydrogen-bond acceptors (Lipinski definition) is 15. The van der Waals surface area contributed by atoms with E-state index in [0.29, 0.717) is 64.7 Å². The highest BCUT2D eigenvalue weighted by Crippen LogP contribution is 2.27. The molecule has 1 aliphatic rings. The van der Waals surface area contributed by atoms with Gasteiger partial charge in [0.2, 0.25) is 5.91 Å². The number of rotatable bonds is 24. The summed E-state index contributed by atoms with van der Waals surface area (Å²) in [7, 11) is 0. The van der Waals surface area contributed by atoms with Crippen LogP contribution in [0.1, 0.15) is 44.5 Å². The summed E-state index contributed by atoms with van der Waals surface area (Å²) >= 11 is 0.